The minimum atomic E-state index is -1.00. The van der Waals surface area contributed by atoms with Gasteiger partial charge in [0.2, 0.25) is 0 Å². The van der Waals surface area contributed by atoms with Crippen LogP contribution >= 0.6 is 0 Å². The van der Waals surface area contributed by atoms with Gasteiger partial charge in [-0.15, -0.1) is 0 Å². The Balaban J connectivity index is 1.26. The standard InChI is InChI=1S/C66H78N2O13/c1-16-55(69)79-64(10,11)40-61(4,5)76-47-31-28-44(29-32-47)59(72)74-36-35-43-27-33-52(46(37-43)39-67-68-58-50-25-21-19-23-48(50)49-24-20-22-26-51(49)58)75-60(73)45-30-34-53(77-62(6,7)41-65(12,13)80-56(70)17-2)54(38-45)78-63(8,9)42-66(14,15)81-57(71)18-3/h16-34,37-39,48-51H,1-3,35-36,40-42H2,4-15H3/b67-39+,68-58?. The maximum atomic E-state index is 14.4. The molecule has 0 spiro atoms. The maximum absolute atomic E-state index is 14.4. The van der Waals surface area contributed by atoms with Crippen LogP contribution < -0.4 is 18.9 Å². The van der Waals surface area contributed by atoms with Crippen molar-refractivity contribution in [2.75, 3.05) is 6.61 Å². The van der Waals surface area contributed by atoms with Gasteiger partial charge in [-0.05, 0) is 155 Å². The molecule has 0 heterocycles. The molecule has 3 aliphatic rings. The van der Waals surface area contributed by atoms with Crippen LogP contribution in [-0.4, -0.2) is 82.0 Å². The minimum absolute atomic E-state index is 0.0299. The van der Waals surface area contributed by atoms with Gasteiger partial charge in [-0.2, -0.15) is 10.2 Å². The summed E-state index contributed by atoms with van der Waals surface area (Å²) in [5.41, 5.74) is -2.84. The van der Waals surface area contributed by atoms with Gasteiger partial charge in [0.25, 0.3) is 0 Å². The number of hydrogen-bond acceptors (Lipinski definition) is 15. The summed E-state index contributed by atoms with van der Waals surface area (Å²) >= 11 is 0. The van der Waals surface area contributed by atoms with Gasteiger partial charge in [-0.1, -0.05) is 74.4 Å². The minimum Gasteiger partial charge on any atom is -0.488 e. The molecule has 3 aromatic carbocycles. The Kier molecular flexibility index (Phi) is 19.6. The highest BCUT2D eigenvalue weighted by molar-refractivity contribution is 5.97. The van der Waals surface area contributed by atoms with Crippen molar-refractivity contribution < 1.29 is 61.9 Å². The summed E-state index contributed by atoms with van der Waals surface area (Å²) in [6.45, 7) is 32.3. The van der Waals surface area contributed by atoms with Gasteiger partial charge < -0.3 is 37.9 Å². The lowest BCUT2D eigenvalue weighted by Crippen LogP contribution is -2.41. The van der Waals surface area contributed by atoms with Crippen LogP contribution in [0.5, 0.6) is 23.0 Å². The molecule has 1 saturated carbocycles. The van der Waals surface area contributed by atoms with E-state index in [0.29, 0.717) is 29.7 Å². The first-order valence-corrected chi connectivity index (χ1v) is 27.1. The number of esters is 5. The fourth-order valence-corrected chi connectivity index (χ4v) is 11.1. The Bertz CT molecular complexity index is 3020. The van der Waals surface area contributed by atoms with E-state index in [-0.39, 0.29) is 65.9 Å². The molecular formula is C66H78N2O13. The molecule has 1 fully saturated rings. The van der Waals surface area contributed by atoms with Gasteiger partial charge in [0.1, 0.15) is 45.1 Å². The zero-order chi connectivity index (χ0) is 59.6. The van der Waals surface area contributed by atoms with Crippen molar-refractivity contribution in [1.82, 2.24) is 0 Å². The first-order valence-electron chi connectivity index (χ1n) is 27.1. The predicted molar refractivity (Wildman–Crippen MR) is 313 cm³/mol. The number of fused-ring (bicyclic) bond motifs is 3. The number of nitrogens with zero attached hydrogens (tertiary/aromatic N) is 2. The van der Waals surface area contributed by atoms with Crippen LogP contribution in [0.15, 0.2) is 157 Å². The third kappa shape index (κ3) is 18.0. The Morgan fingerprint density at radius 3 is 1.47 bits per heavy atom. The van der Waals surface area contributed by atoms with E-state index in [9.17, 15) is 24.0 Å². The van der Waals surface area contributed by atoms with Crippen molar-refractivity contribution in [2.24, 2.45) is 33.9 Å². The zero-order valence-electron chi connectivity index (χ0n) is 48.9. The first-order chi connectivity index (χ1) is 37.9. The van der Waals surface area contributed by atoms with Gasteiger partial charge in [-0.25, -0.2) is 24.0 Å². The van der Waals surface area contributed by atoms with Crippen molar-refractivity contribution in [2.45, 2.75) is 142 Å². The van der Waals surface area contributed by atoms with Gasteiger partial charge in [0, 0.05) is 61.3 Å². The molecule has 0 bridgehead atoms. The van der Waals surface area contributed by atoms with E-state index >= 15 is 0 Å². The molecular weight excluding hydrogens is 1030 g/mol. The Morgan fingerprint density at radius 2 is 0.963 bits per heavy atom. The third-order valence-corrected chi connectivity index (χ3v) is 13.4. The van der Waals surface area contributed by atoms with Crippen LogP contribution in [0, 0.1) is 23.7 Å². The summed E-state index contributed by atoms with van der Waals surface area (Å²) in [5, 5.41) is 9.45. The SMILES string of the molecule is C=CC(=O)OC(C)(C)CC(C)(C)Oc1ccc(C(=O)OCCc2ccc(OC(=O)c3ccc(OC(C)(C)CC(C)(C)OC(=O)C=C)c(OC(C)(C)CC(C)(C)OC(=O)C=C)c3)c(/C=N/N=C3C4C=CC=CC4C4C=CC=CC34)c2)cc1. The maximum Gasteiger partial charge on any atom is 0.343 e. The Labute approximate surface area is 477 Å². The van der Waals surface area contributed by atoms with Crippen LogP contribution in [0.4, 0.5) is 0 Å². The highest BCUT2D eigenvalue weighted by Crippen LogP contribution is 2.46. The number of benzene rings is 3. The second-order valence-corrected chi connectivity index (χ2v) is 24.1. The monoisotopic (exact) mass is 1110 g/mol. The largest absolute Gasteiger partial charge is 0.488 e. The quantitative estimate of drug-likeness (QED) is 0.0185. The van der Waals surface area contributed by atoms with Gasteiger partial charge in [-0.3, -0.25) is 0 Å². The lowest BCUT2D eigenvalue weighted by molar-refractivity contribution is -0.155. The molecule has 15 nitrogen and oxygen atoms in total. The summed E-state index contributed by atoms with van der Waals surface area (Å²) in [7, 11) is 0. The average molecular weight is 1110 g/mol. The molecule has 3 aromatic rings. The lowest BCUT2D eigenvalue weighted by Gasteiger charge is -2.37. The predicted octanol–water partition coefficient (Wildman–Crippen LogP) is 13.0. The number of rotatable bonds is 26. The van der Waals surface area contributed by atoms with Gasteiger partial charge >= 0.3 is 29.8 Å². The fraction of sp³-hybridized carbons (Fsp3) is 0.409. The van der Waals surface area contributed by atoms with Crippen LogP contribution in [0.25, 0.3) is 0 Å². The van der Waals surface area contributed by atoms with Gasteiger partial charge in [0.15, 0.2) is 11.5 Å². The van der Waals surface area contributed by atoms with E-state index in [0.717, 1.165) is 29.5 Å². The summed E-state index contributed by atoms with van der Waals surface area (Å²) in [5.74, 6) is -1.13. The summed E-state index contributed by atoms with van der Waals surface area (Å²) in [6, 6.07) is 16.6. The van der Waals surface area contributed by atoms with Crippen molar-refractivity contribution in [3.63, 3.8) is 0 Å². The molecule has 15 heteroatoms. The molecule has 4 unspecified atom stereocenters. The zero-order valence-corrected chi connectivity index (χ0v) is 48.9. The van der Waals surface area contributed by atoms with Gasteiger partial charge in [0.05, 0.1) is 29.7 Å². The van der Waals surface area contributed by atoms with Crippen molar-refractivity contribution >= 4 is 41.8 Å². The Hall–Kier alpha value is -8.07. The molecule has 0 saturated heterocycles. The number of hydrogen-bond donors (Lipinski definition) is 0. The molecule has 0 amide bonds. The summed E-state index contributed by atoms with van der Waals surface area (Å²) < 4.78 is 48.2. The number of allylic oxidation sites excluding steroid dienone is 8. The first kappa shape index (κ1) is 62.1. The Morgan fingerprint density at radius 1 is 0.506 bits per heavy atom. The number of ether oxygens (including phenoxy) is 8. The van der Waals surface area contributed by atoms with E-state index in [1.807, 2.05) is 59.8 Å². The smallest absolute Gasteiger partial charge is 0.343 e. The molecule has 0 radical (unpaired) electrons. The molecule has 0 aliphatic heterocycles. The van der Waals surface area contributed by atoms with Crippen molar-refractivity contribution in [1.29, 1.82) is 0 Å². The fourth-order valence-electron chi connectivity index (χ4n) is 11.1. The average Bonchev–Trinajstić information content (AvgIpc) is 3.71. The third-order valence-electron chi connectivity index (χ3n) is 13.4. The van der Waals surface area contributed by atoms with E-state index < -0.39 is 63.5 Å². The number of carbonyl (C=O) groups excluding carboxylic acids is 5. The van der Waals surface area contributed by atoms with Crippen LogP contribution in [0.2, 0.25) is 0 Å². The normalized spacial score (nSPS) is 17.8. The molecule has 6 rings (SSSR count). The summed E-state index contributed by atoms with van der Waals surface area (Å²) in [4.78, 5) is 64.1. The lowest BCUT2D eigenvalue weighted by atomic mass is 9.83. The molecule has 0 aromatic heterocycles. The van der Waals surface area contributed by atoms with E-state index in [4.69, 9.17) is 43.0 Å². The topological polar surface area (TPSA) is 184 Å². The highest BCUT2D eigenvalue weighted by Gasteiger charge is 2.45. The van der Waals surface area contributed by atoms with E-state index in [1.165, 1.54) is 6.07 Å². The second kappa shape index (κ2) is 25.6. The van der Waals surface area contributed by atoms with Crippen molar-refractivity contribution in [3.8, 4) is 23.0 Å². The van der Waals surface area contributed by atoms with E-state index in [1.54, 1.807) is 96.3 Å². The molecule has 3 aliphatic carbocycles. The van der Waals surface area contributed by atoms with Crippen LogP contribution in [-0.2, 0) is 39.8 Å². The molecule has 430 valence electrons. The second-order valence-electron chi connectivity index (χ2n) is 24.1. The van der Waals surface area contributed by atoms with Crippen LogP contribution in [0.1, 0.15) is 134 Å². The summed E-state index contributed by atoms with van der Waals surface area (Å²) in [6.07, 6.45) is 23.0. The molecule has 81 heavy (non-hydrogen) atoms. The van der Waals surface area contributed by atoms with Crippen LogP contribution in [0.3, 0.4) is 0 Å². The molecule has 0 N–H and O–H groups in total. The number of carbonyl (C=O) groups is 5. The van der Waals surface area contributed by atoms with E-state index in [2.05, 4.69) is 61.3 Å². The van der Waals surface area contributed by atoms with Crippen molar-refractivity contribution in [3.05, 3.63) is 169 Å². The highest BCUT2D eigenvalue weighted by atomic mass is 16.6. The molecule has 4 atom stereocenters.